The molecule has 1 fully saturated rings. The van der Waals surface area contributed by atoms with Crippen LogP contribution in [0, 0.1) is 0 Å². The van der Waals surface area contributed by atoms with Crippen molar-refractivity contribution < 1.29 is 13.2 Å². The average molecular weight is 275 g/mol. The van der Waals surface area contributed by atoms with E-state index in [9.17, 15) is 8.42 Å². The summed E-state index contributed by atoms with van der Waals surface area (Å²) in [4.78, 5) is 0. The zero-order valence-electron chi connectivity index (χ0n) is 9.43. The molecule has 1 aromatic rings. The molecule has 0 saturated carbocycles. The lowest BCUT2D eigenvalue weighted by atomic mass is 9.91. The molecule has 1 saturated heterocycles. The van der Waals surface area contributed by atoms with Gasteiger partial charge in [-0.2, -0.15) is 0 Å². The van der Waals surface area contributed by atoms with E-state index in [1.165, 1.54) is 5.56 Å². The van der Waals surface area contributed by atoms with Gasteiger partial charge in [-0.3, -0.25) is 0 Å². The fourth-order valence-electron chi connectivity index (χ4n) is 2.12. The molecular formula is C12H15ClO3S. The van der Waals surface area contributed by atoms with Gasteiger partial charge >= 0.3 is 0 Å². The van der Waals surface area contributed by atoms with Crippen LogP contribution in [0.3, 0.4) is 0 Å². The summed E-state index contributed by atoms with van der Waals surface area (Å²) in [6, 6.07) is 7.66. The summed E-state index contributed by atoms with van der Waals surface area (Å²) < 4.78 is 27.2. The van der Waals surface area contributed by atoms with Crippen molar-refractivity contribution in [3.63, 3.8) is 0 Å². The summed E-state index contributed by atoms with van der Waals surface area (Å²) in [5.74, 6) is 0.424. The van der Waals surface area contributed by atoms with Crippen molar-refractivity contribution in [2.24, 2.45) is 0 Å². The number of benzene rings is 1. The maximum absolute atomic E-state index is 10.9. The summed E-state index contributed by atoms with van der Waals surface area (Å²) in [6.45, 7) is 1.62. The molecule has 3 nitrogen and oxygen atoms in total. The maximum Gasteiger partial charge on any atom is 0.236 e. The first kappa shape index (κ1) is 12.9. The van der Waals surface area contributed by atoms with E-state index in [-0.39, 0.29) is 5.75 Å². The molecule has 1 heterocycles. The lowest BCUT2D eigenvalue weighted by molar-refractivity contribution is 0.0853. The molecule has 0 unspecified atom stereocenters. The summed E-state index contributed by atoms with van der Waals surface area (Å²) in [6.07, 6.45) is 2.07. The minimum atomic E-state index is -3.46. The molecular weight excluding hydrogens is 260 g/mol. The lowest BCUT2D eigenvalue weighted by Gasteiger charge is -2.22. The zero-order valence-corrected chi connectivity index (χ0v) is 11.0. The minimum absolute atomic E-state index is 0.109. The quantitative estimate of drug-likeness (QED) is 0.796. The van der Waals surface area contributed by atoms with Gasteiger partial charge in [-0.05, 0) is 29.9 Å². The molecule has 0 atom stereocenters. The first-order valence-electron chi connectivity index (χ1n) is 5.63. The molecule has 2 rings (SSSR count). The molecule has 5 heteroatoms. The predicted molar refractivity (Wildman–Crippen MR) is 67.7 cm³/mol. The third-order valence-electron chi connectivity index (χ3n) is 3.01. The highest BCUT2D eigenvalue weighted by Crippen LogP contribution is 2.27. The fraction of sp³-hybridized carbons (Fsp3) is 0.500. The highest BCUT2D eigenvalue weighted by atomic mass is 35.7. The molecule has 0 bridgehead atoms. The third kappa shape index (κ3) is 3.98. The van der Waals surface area contributed by atoms with Gasteiger partial charge in [0.05, 0.1) is 5.75 Å². The molecule has 17 heavy (non-hydrogen) atoms. The van der Waals surface area contributed by atoms with Gasteiger partial charge in [-0.15, -0.1) is 0 Å². The monoisotopic (exact) mass is 274 g/mol. The Labute approximate surface area is 106 Å². The maximum atomic E-state index is 10.9. The Morgan fingerprint density at radius 3 is 2.29 bits per heavy atom. The largest absolute Gasteiger partial charge is 0.381 e. The highest BCUT2D eigenvalue weighted by Gasteiger charge is 2.16. The van der Waals surface area contributed by atoms with Gasteiger partial charge in [0.25, 0.3) is 0 Å². The number of halogens is 1. The Morgan fingerprint density at radius 2 is 1.76 bits per heavy atom. The van der Waals surface area contributed by atoms with E-state index in [1.54, 1.807) is 0 Å². The van der Waals surface area contributed by atoms with Crippen LogP contribution >= 0.6 is 10.7 Å². The van der Waals surface area contributed by atoms with Gasteiger partial charge in [0.1, 0.15) is 0 Å². The molecule has 0 amide bonds. The normalized spacial score (nSPS) is 18.2. The van der Waals surface area contributed by atoms with Crippen LogP contribution in [0.2, 0.25) is 0 Å². The summed E-state index contributed by atoms with van der Waals surface area (Å²) >= 11 is 0. The molecule has 0 N–H and O–H groups in total. The highest BCUT2D eigenvalue weighted by molar-refractivity contribution is 8.13. The Hall–Kier alpha value is -0.580. The Bertz CT molecular complexity index is 461. The van der Waals surface area contributed by atoms with Crippen LogP contribution in [0.25, 0.3) is 0 Å². The van der Waals surface area contributed by atoms with Crippen LogP contribution in [-0.2, 0) is 19.5 Å². The van der Waals surface area contributed by atoms with Crippen molar-refractivity contribution in [1.82, 2.24) is 0 Å². The number of rotatable bonds is 3. The van der Waals surface area contributed by atoms with Crippen molar-refractivity contribution in [3.8, 4) is 0 Å². The molecule has 0 aromatic heterocycles. The second-order valence-electron chi connectivity index (χ2n) is 4.31. The van der Waals surface area contributed by atoms with E-state index in [1.807, 2.05) is 24.3 Å². The molecule has 0 aliphatic carbocycles. The van der Waals surface area contributed by atoms with Crippen molar-refractivity contribution >= 4 is 19.7 Å². The van der Waals surface area contributed by atoms with Gasteiger partial charge in [-0.1, -0.05) is 24.3 Å². The molecule has 0 radical (unpaired) electrons. The first-order chi connectivity index (χ1) is 8.04. The van der Waals surface area contributed by atoms with Gasteiger partial charge in [0.15, 0.2) is 0 Å². The van der Waals surface area contributed by atoms with Gasteiger partial charge in [-0.25, -0.2) is 8.42 Å². The van der Waals surface area contributed by atoms with Crippen LogP contribution in [0.4, 0.5) is 0 Å². The van der Waals surface area contributed by atoms with Crippen molar-refractivity contribution in [2.75, 3.05) is 13.2 Å². The van der Waals surface area contributed by atoms with E-state index >= 15 is 0 Å². The molecule has 1 aromatic carbocycles. The van der Waals surface area contributed by atoms with Gasteiger partial charge in [0.2, 0.25) is 9.05 Å². The van der Waals surface area contributed by atoms with E-state index in [2.05, 4.69) is 0 Å². The molecule has 1 aliphatic rings. The summed E-state index contributed by atoms with van der Waals surface area (Å²) in [5.41, 5.74) is 1.99. The Balaban J connectivity index is 2.07. The molecule has 0 spiro atoms. The lowest BCUT2D eigenvalue weighted by Crippen LogP contribution is -2.14. The smallest absolute Gasteiger partial charge is 0.236 e. The Morgan fingerprint density at radius 1 is 1.18 bits per heavy atom. The van der Waals surface area contributed by atoms with E-state index in [4.69, 9.17) is 15.4 Å². The van der Waals surface area contributed by atoms with E-state index < -0.39 is 9.05 Å². The van der Waals surface area contributed by atoms with Crippen molar-refractivity contribution in [1.29, 1.82) is 0 Å². The van der Waals surface area contributed by atoms with Crippen molar-refractivity contribution in [2.45, 2.75) is 24.5 Å². The van der Waals surface area contributed by atoms with Crippen molar-refractivity contribution in [3.05, 3.63) is 35.4 Å². The molecule has 1 aliphatic heterocycles. The van der Waals surface area contributed by atoms with Gasteiger partial charge in [0, 0.05) is 23.9 Å². The zero-order chi connectivity index (χ0) is 12.3. The van der Waals surface area contributed by atoms with Crippen LogP contribution in [0.15, 0.2) is 24.3 Å². The number of hydrogen-bond donors (Lipinski definition) is 0. The minimum Gasteiger partial charge on any atom is -0.381 e. The number of hydrogen-bond acceptors (Lipinski definition) is 3. The van der Waals surface area contributed by atoms with Crippen LogP contribution in [-0.4, -0.2) is 21.6 Å². The third-order valence-corrected chi connectivity index (χ3v) is 4.02. The van der Waals surface area contributed by atoms with Crippen LogP contribution in [0.5, 0.6) is 0 Å². The standard InChI is InChI=1S/C12H15ClO3S/c13-17(14,15)9-10-1-3-11(4-2-10)12-5-7-16-8-6-12/h1-4,12H,5-9H2. The SMILES string of the molecule is O=S(=O)(Cl)Cc1ccc(C2CCOCC2)cc1. The number of ether oxygens (including phenoxy) is 1. The second-order valence-corrected chi connectivity index (χ2v) is 7.09. The van der Waals surface area contributed by atoms with E-state index in [0.29, 0.717) is 5.92 Å². The topological polar surface area (TPSA) is 43.4 Å². The molecule has 94 valence electrons. The summed E-state index contributed by atoms with van der Waals surface area (Å²) in [5, 5.41) is 0. The van der Waals surface area contributed by atoms with Crippen LogP contribution in [0.1, 0.15) is 29.9 Å². The second kappa shape index (κ2) is 5.38. The van der Waals surface area contributed by atoms with E-state index in [0.717, 1.165) is 31.6 Å². The summed E-state index contributed by atoms with van der Waals surface area (Å²) in [7, 11) is 1.75. The van der Waals surface area contributed by atoms with Gasteiger partial charge < -0.3 is 4.74 Å². The average Bonchev–Trinajstić information content (AvgIpc) is 2.29. The Kier molecular flexibility index (Phi) is 4.07. The van der Waals surface area contributed by atoms with Crippen LogP contribution < -0.4 is 0 Å². The fourth-order valence-corrected chi connectivity index (χ4v) is 3.08. The predicted octanol–water partition coefficient (Wildman–Crippen LogP) is 2.65. The first-order valence-corrected chi connectivity index (χ1v) is 8.11.